The Kier molecular flexibility index (Phi) is 3.59. The minimum atomic E-state index is -4.45. The molecule has 2 N–H and O–H groups in total. The van der Waals surface area contributed by atoms with Crippen molar-refractivity contribution >= 4 is 5.91 Å². The molecule has 0 saturated carbocycles. The maximum atomic E-state index is 12.3. The largest absolute Gasteiger partial charge is 0.400 e. The lowest BCUT2D eigenvalue weighted by Crippen LogP contribution is -2.40. The van der Waals surface area contributed by atoms with Crippen LogP contribution < -0.4 is 5.73 Å². The molecule has 0 aromatic heterocycles. The normalized spacial score (nSPS) is 24.3. The number of amides is 1. The molecule has 0 aromatic carbocycles. The molecule has 0 radical (unpaired) electrons. The zero-order chi connectivity index (χ0) is 11.6. The van der Waals surface area contributed by atoms with Crippen LogP contribution >= 0.6 is 0 Å². The highest BCUT2D eigenvalue weighted by Crippen LogP contribution is 2.29. The van der Waals surface area contributed by atoms with E-state index in [1.807, 2.05) is 0 Å². The van der Waals surface area contributed by atoms with Gasteiger partial charge >= 0.3 is 6.18 Å². The number of carbonyl (C=O) groups is 1. The lowest BCUT2D eigenvalue weighted by atomic mass is 10.1. The number of alkyl halides is 3. The minimum absolute atomic E-state index is 0.148. The van der Waals surface area contributed by atoms with Gasteiger partial charge in [-0.25, -0.2) is 0 Å². The van der Waals surface area contributed by atoms with E-state index >= 15 is 0 Å². The highest BCUT2D eigenvalue weighted by Gasteiger charge is 2.44. The van der Waals surface area contributed by atoms with E-state index in [1.165, 1.54) is 4.90 Å². The van der Waals surface area contributed by atoms with Crippen molar-refractivity contribution in [3.63, 3.8) is 0 Å². The molecule has 88 valence electrons. The molecule has 0 aromatic rings. The van der Waals surface area contributed by atoms with Crippen LogP contribution in [-0.2, 0) is 4.79 Å². The fourth-order valence-corrected chi connectivity index (χ4v) is 1.64. The SMILES string of the molecule is CC(C(=O)N1CCC(CN)C1)C(F)(F)F. The average molecular weight is 224 g/mol. The Morgan fingerprint density at radius 2 is 2.20 bits per heavy atom. The second kappa shape index (κ2) is 4.38. The fraction of sp³-hybridized carbons (Fsp3) is 0.889. The molecule has 0 spiro atoms. The summed E-state index contributed by atoms with van der Waals surface area (Å²) in [6.45, 7) is 2.07. The highest BCUT2D eigenvalue weighted by molar-refractivity contribution is 5.79. The zero-order valence-electron chi connectivity index (χ0n) is 8.55. The van der Waals surface area contributed by atoms with E-state index in [2.05, 4.69) is 0 Å². The van der Waals surface area contributed by atoms with Gasteiger partial charge in [0, 0.05) is 13.1 Å². The molecule has 2 atom stereocenters. The van der Waals surface area contributed by atoms with Crippen molar-refractivity contribution in [2.45, 2.75) is 19.5 Å². The third-order valence-corrected chi connectivity index (χ3v) is 2.79. The first-order chi connectivity index (χ1) is 6.86. The molecule has 6 heteroatoms. The lowest BCUT2D eigenvalue weighted by molar-refractivity contribution is -0.184. The van der Waals surface area contributed by atoms with E-state index in [9.17, 15) is 18.0 Å². The van der Waals surface area contributed by atoms with Gasteiger partial charge < -0.3 is 10.6 Å². The van der Waals surface area contributed by atoms with E-state index in [4.69, 9.17) is 5.73 Å². The molecule has 3 nitrogen and oxygen atoms in total. The van der Waals surface area contributed by atoms with Crippen molar-refractivity contribution in [3.05, 3.63) is 0 Å². The van der Waals surface area contributed by atoms with Gasteiger partial charge in [0.15, 0.2) is 0 Å². The molecule has 0 bridgehead atoms. The van der Waals surface area contributed by atoms with Crippen LogP contribution in [0.1, 0.15) is 13.3 Å². The van der Waals surface area contributed by atoms with Gasteiger partial charge in [0.25, 0.3) is 0 Å². The van der Waals surface area contributed by atoms with Crippen LogP contribution in [0.5, 0.6) is 0 Å². The Morgan fingerprint density at radius 3 is 2.60 bits per heavy atom. The first-order valence-electron chi connectivity index (χ1n) is 4.91. The van der Waals surface area contributed by atoms with Crippen LogP contribution in [0, 0.1) is 11.8 Å². The van der Waals surface area contributed by atoms with Gasteiger partial charge in [-0.1, -0.05) is 0 Å². The van der Waals surface area contributed by atoms with Crippen LogP contribution in [0.3, 0.4) is 0 Å². The van der Waals surface area contributed by atoms with Gasteiger partial charge in [-0.15, -0.1) is 0 Å². The van der Waals surface area contributed by atoms with Gasteiger partial charge in [0.1, 0.15) is 5.92 Å². The number of rotatable bonds is 2. The molecule has 15 heavy (non-hydrogen) atoms. The topological polar surface area (TPSA) is 46.3 Å². The summed E-state index contributed by atoms with van der Waals surface area (Å²) in [6.07, 6.45) is -3.75. The molecule has 1 aliphatic rings. The van der Waals surface area contributed by atoms with E-state index in [1.54, 1.807) is 0 Å². The fourth-order valence-electron chi connectivity index (χ4n) is 1.64. The Balaban J connectivity index is 2.55. The molecule has 1 heterocycles. The summed E-state index contributed by atoms with van der Waals surface area (Å²) in [4.78, 5) is 12.7. The van der Waals surface area contributed by atoms with Crippen LogP contribution in [0.25, 0.3) is 0 Å². The Labute approximate surface area is 86.4 Å². The molecule has 1 aliphatic heterocycles. The van der Waals surface area contributed by atoms with E-state index in [-0.39, 0.29) is 5.92 Å². The van der Waals surface area contributed by atoms with Gasteiger partial charge in [0.05, 0.1) is 0 Å². The lowest BCUT2D eigenvalue weighted by Gasteiger charge is -2.22. The summed E-state index contributed by atoms with van der Waals surface area (Å²) in [5.41, 5.74) is 5.40. The maximum Gasteiger partial charge on any atom is 0.400 e. The second-order valence-corrected chi connectivity index (χ2v) is 3.94. The van der Waals surface area contributed by atoms with Crippen LogP contribution in [0.4, 0.5) is 13.2 Å². The van der Waals surface area contributed by atoms with Crippen molar-refractivity contribution in [2.24, 2.45) is 17.6 Å². The molecule has 1 fully saturated rings. The summed E-state index contributed by atoms with van der Waals surface area (Å²) in [6, 6.07) is 0. The van der Waals surface area contributed by atoms with Crippen molar-refractivity contribution in [3.8, 4) is 0 Å². The van der Waals surface area contributed by atoms with Crippen molar-refractivity contribution < 1.29 is 18.0 Å². The Bertz CT molecular complexity index is 242. The zero-order valence-corrected chi connectivity index (χ0v) is 8.55. The third-order valence-electron chi connectivity index (χ3n) is 2.79. The van der Waals surface area contributed by atoms with Gasteiger partial charge in [-0.3, -0.25) is 4.79 Å². The van der Waals surface area contributed by atoms with Crippen molar-refractivity contribution in [1.82, 2.24) is 4.90 Å². The van der Waals surface area contributed by atoms with Crippen LogP contribution in [0.2, 0.25) is 0 Å². The smallest absolute Gasteiger partial charge is 0.342 e. The predicted molar refractivity (Wildman–Crippen MR) is 49.0 cm³/mol. The first kappa shape index (κ1) is 12.3. The van der Waals surface area contributed by atoms with Crippen LogP contribution in [0.15, 0.2) is 0 Å². The number of halogens is 3. The summed E-state index contributed by atoms with van der Waals surface area (Å²) >= 11 is 0. The third kappa shape index (κ3) is 2.84. The quantitative estimate of drug-likeness (QED) is 0.760. The van der Waals surface area contributed by atoms with Crippen LogP contribution in [-0.4, -0.2) is 36.6 Å². The van der Waals surface area contributed by atoms with Gasteiger partial charge in [-0.2, -0.15) is 13.2 Å². The standard InChI is InChI=1S/C9H15F3N2O/c1-6(9(10,11)12)8(15)14-3-2-7(4-13)5-14/h6-7H,2-5,13H2,1H3. The van der Waals surface area contributed by atoms with Gasteiger partial charge in [0.2, 0.25) is 5.91 Å². The molecular formula is C9H15F3N2O. The number of nitrogens with zero attached hydrogens (tertiary/aromatic N) is 1. The minimum Gasteiger partial charge on any atom is -0.342 e. The number of likely N-dealkylation sites (tertiary alicyclic amines) is 1. The average Bonchev–Trinajstić information content (AvgIpc) is 2.62. The van der Waals surface area contributed by atoms with Crippen molar-refractivity contribution in [1.29, 1.82) is 0 Å². The van der Waals surface area contributed by atoms with E-state index in [0.29, 0.717) is 26.1 Å². The monoisotopic (exact) mass is 224 g/mol. The first-order valence-corrected chi connectivity index (χ1v) is 4.91. The van der Waals surface area contributed by atoms with Crippen molar-refractivity contribution in [2.75, 3.05) is 19.6 Å². The number of carbonyl (C=O) groups excluding carboxylic acids is 1. The summed E-state index contributed by atoms with van der Waals surface area (Å²) in [7, 11) is 0. The molecular weight excluding hydrogens is 209 g/mol. The Morgan fingerprint density at radius 1 is 1.60 bits per heavy atom. The molecule has 2 unspecified atom stereocenters. The second-order valence-electron chi connectivity index (χ2n) is 3.94. The molecule has 1 saturated heterocycles. The number of hydrogen-bond donors (Lipinski definition) is 1. The molecule has 1 rings (SSSR count). The summed E-state index contributed by atoms with van der Waals surface area (Å²) in [5, 5.41) is 0. The van der Waals surface area contributed by atoms with E-state index < -0.39 is 18.0 Å². The molecule has 1 amide bonds. The van der Waals surface area contributed by atoms with Gasteiger partial charge in [-0.05, 0) is 25.8 Å². The number of nitrogens with two attached hydrogens (primary N) is 1. The molecule has 0 aliphatic carbocycles. The maximum absolute atomic E-state index is 12.3. The summed E-state index contributed by atoms with van der Waals surface area (Å²) < 4.78 is 36.8. The summed E-state index contributed by atoms with van der Waals surface area (Å²) in [5.74, 6) is -2.60. The Hall–Kier alpha value is -0.780. The van der Waals surface area contributed by atoms with E-state index in [0.717, 1.165) is 6.92 Å². The number of hydrogen-bond acceptors (Lipinski definition) is 2. The predicted octanol–water partition coefficient (Wildman–Crippen LogP) is 0.992. The highest BCUT2D eigenvalue weighted by atomic mass is 19.4.